The normalized spacial score (nSPS) is 25.8. The quantitative estimate of drug-likeness (QED) is 0.783. The van der Waals surface area contributed by atoms with Gasteiger partial charge in [0.2, 0.25) is 0 Å². The Balaban J connectivity index is 0.00000131. The molecule has 2 atom stereocenters. The van der Waals surface area contributed by atoms with Crippen molar-refractivity contribution in [2.45, 2.75) is 25.3 Å². The SMILES string of the molecule is CN1CCN(C(=O)c2cncc(N3CC[C@@H]4NCCC[C@@H]4C3)n2)CC1.Cl.Cl. The summed E-state index contributed by atoms with van der Waals surface area (Å²) in [5.41, 5.74) is 0.478. The number of piperidine rings is 2. The summed E-state index contributed by atoms with van der Waals surface area (Å²) in [6.45, 7) is 6.51. The van der Waals surface area contributed by atoms with Crippen molar-refractivity contribution in [3.63, 3.8) is 0 Å². The number of amides is 1. The first-order valence-corrected chi connectivity index (χ1v) is 9.49. The van der Waals surface area contributed by atoms with E-state index in [0.717, 1.165) is 58.1 Å². The lowest BCUT2D eigenvalue weighted by Gasteiger charge is -2.42. The molecular weight excluding hydrogens is 387 g/mol. The number of rotatable bonds is 2. The highest BCUT2D eigenvalue weighted by Gasteiger charge is 2.32. The van der Waals surface area contributed by atoms with E-state index in [1.54, 1.807) is 12.4 Å². The molecule has 1 aromatic heterocycles. The van der Waals surface area contributed by atoms with E-state index in [1.165, 1.54) is 12.8 Å². The van der Waals surface area contributed by atoms with Gasteiger partial charge in [0.25, 0.3) is 5.91 Å². The van der Waals surface area contributed by atoms with Gasteiger partial charge in [-0.2, -0.15) is 0 Å². The van der Waals surface area contributed by atoms with Crippen LogP contribution in [0.15, 0.2) is 12.4 Å². The van der Waals surface area contributed by atoms with Crippen LogP contribution in [0, 0.1) is 5.92 Å². The zero-order valence-corrected chi connectivity index (χ0v) is 17.5. The molecule has 1 amide bonds. The second-order valence-electron chi connectivity index (χ2n) is 7.56. The van der Waals surface area contributed by atoms with Crippen molar-refractivity contribution < 1.29 is 4.79 Å². The average Bonchev–Trinajstić information content (AvgIpc) is 2.68. The monoisotopic (exact) mass is 416 g/mol. The fraction of sp³-hybridized carbons (Fsp3) is 0.722. The van der Waals surface area contributed by atoms with Gasteiger partial charge in [0, 0.05) is 45.3 Å². The lowest BCUT2D eigenvalue weighted by molar-refractivity contribution is 0.0658. The smallest absolute Gasteiger partial charge is 0.274 e. The van der Waals surface area contributed by atoms with E-state index in [1.807, 2.05) is 4.90 Å². The Kier molecular flexibility index (Phi) is 8.09. The van der Waals surface area contributed by atoms with E-state index >= 15 is 0 Å². The van der Waals surface area contributed by atoms with Gasteiger partial charge in [0.05, 0.1) is 12.4 Å². The number of hydrogen-bond acceptors (Lipinski definition) is 6. The molecule has 0 aromatic carbocycles. The van der Waals surface area contributed by atoms with Crippen molar-refractivity contribution in [2.75, 3.05) is 57.8 Å². The fourth-order valence-electron chi connectivity index (χ4n) is 4.24. The maximum absolute atomic E-state index is 12.7. The van der Waals surface area contributed by atoms with E-state index in [4.69, 9.17) is 0 Å². The predicted molar refractivity (Wildman–Crippen MR) is 111 cm³/mol. The molecule has 3 saturated heterocycles. The number of likely N-dealkylation sites (N-methyl/N-ethyl adjacent to an activating group) is 1. The standard InChI is InChI=1S/C18H28N6O.2ClH/c1-22-7-9-23(10-8-22)18(25)16-11-19-12-17(21-16)24-6-4-15-14(13-24)3-2-5-20-15;;/h11-12,14-15,20H,2-10,13H2,1H3;2*1H/t14-,15+;;/m1../s1. The van der Waals surface area contributed by atoms with Crippen molar-refractivity contribution >= 4 is 36.5 Å². The zero-order valence-electron chi connectivity index (χ0n) is 15.8. The van der Waals surface area contributed by atoms with Gasteiger partial charge in [-0.3, -0.25) is 9.78 Å². The van der Waals surface area contributed by atoms with Crippen LogP contribution in [0.1, 0.15) is 29.8 Å². The van der Waals surface area contributed by atoms with Crippen molar-refractivity contribution in [1.29, 1.82) is 0 Å². The molecule has 0 aliphatic carbocycles. The molecule has 3 aliphatic rings. The van der Waals surface area contributed by atoms with Gasteiger partial charge in [-0.1, -0.05) is 0 Å². The van der Waals surface area contributed by atoms with Gasteiger partial charge in [-0.05, 0) is 38.8 Å². The third-order valence-electron chi connectivity index (χ3n) is 5.85. The van der Waals surface area contributed by atoms with Gasteiger partial charge in [-0.15, -0.1) is 24.8 Å². The number of piperazine rings is 1. The highest BCUT2D eigenvalue weighted by Crippen LogP contribution is 2.27. The van der Waals surface area contributed by atoms with Gasteiger partial charge in [0.1, 0.15) is 11.5 Å². The van der Waals surface area contributed by atoms with Crippen LogP contribution in [0.4, 0.5) is 5.82 Å². The van der Waals surface area contributed by atoms with Crippen LogP contribution in [0.2, 0.25) is 0 Å². The molecule has 0 saturated carbocycles. The summed E-state index contributed by atoms with van der Waals surface area (Å²) in [4.78, 5) is 28.2. The Labute approximate surface area is 173 Å². The van der Waals surface area contributed by atoms with Crippen molar-refractivity contribution in [2.24, 2.45) is 5.92 Å². The fourth-order valence-corrected chi connectivity index (χ4v) is 4.24. The first-order valence-electron chi connectivity index (χ1n) is 9.49. The third-order valence-corrected chi connectivity index (χ3v) is 5.85. The Morgan fingerprint density at radius 1 is 1.11 bits per heavy atom. The summed E-state index contributed by atoms with van der Waals surface area (Å²) in [6.07, 6.45) is 7.09. The average molecular weight is 417 g/mol. The number of anilines is 1. The lowest BCUT2D eigenvalue weighted by atomic mass is 9.85. The molecule has 0 unspecified atom stereocenters. The molecule has 9 heteroatoms. The number of nitrogens with one attached hydrogen (secondary N) is 1. The summed E-state index contributed by atoms with van der Waals surface area (Å²) >= 11 is 0. The molecular formula is C18H30Cl2N6O. The van der Waals surface area contributed by atoms with Crippen LogP contribution in [0.25, 0.3) is 0 Å². The first-order chi connectivity index (χ1) is 12.2. The van der Waals surface area contributed by atoms with E-state index in [-0.39, 0.29) is 30.7 Å². The van der Waals surface area contributed by atoms with Gasteiger partial charge in [-0.25, -0.2) is 4.98 Å². The van der Waals surface area contributed by atoms with E-state index in [2.05, 4.69) is 32.1 Å². The Hall–Kier alpha value is -1.15. The number of carbonyl (C=O) groups excluding carboxylic acids is 1. The minimum absolute atomic E-state index is 0. The number of fused-ring (bicyclic) bond motifs is 1. The van der Waals surface area contributed by atoms with Crippen LogP contribution in [-0.2, 0) is 0 Å². The van der Waals surface area contributed by atoms with Crippen molar-refractivity contribution in [1.82, 2.24) is 25.1 Å². The number of carbonyl (C=O) groups is 1. The van der Waals surface area contributed by atoms with E-state index in [9.17, 15) is 4.79 Å². The highest BCUT2D eigenvalue weighted by molar-refractivity contribution is 5.92. The summed E-state index contributed by atoms with van der Waals surface area (Å²) in [5.74, 6) is 1.54. The largest absolute Gasteiger partial charge is 0.355 e. The Bertz CT molecular complexity index is 626. The van der Waals surface area contributed by atoms with E-state index < -0.39 is 0 Å². The third kappa shape index (κ3) is 5.02. The Morgan fingerprint density at radius 2 is 1.89 bits per heavy atom. The Morgan fingerprint density at radius 3 is 2.67 bits per heavy atom. The summed E-state index contributed by atoms with van der Waals surface area (Å²) in [7, 11) is 2.09. The molecule has 7 nitrogen and oxygen atoms in total. The molecule has 0 bridgehead atoms. The molecule has 4 heterocycles. The van der Waals surface area contributed by atoms with Crippen LogP contribution >= 0.6 is 24.8 Å². The topological polar surface area (TPSA) is 64.6 Å². The predicted octanol–water partition coefficient (Wildman–Crippen LogP) is 1.29. The van der Waals surface area contributed by atoms with Crippen LogP contribution in [-0.4, -0.2) is 84.6 Å². The maximum atomic E-state index is 12.7. The molecule has 152 valence electrons. The van der Waals surface area contributed by atoms with Crippen LogP contribution in [0.5, 0.6) is 0 Å². The molecule has 3 aliphatic heterocycles. The molecule has 3 fully saturated rings. The van der Waals surface area contributed by atoms with Gasteiger partial charge >= 0.3 is 0 Å². The number of aromatic nitrogens is 2. The number of hydrogen-bond donors (Lipinski definition) is 1. The molecule has 27 heavy (non-hydrogen) atoms. The first kappa shape index (κ1) is 22.1. The van der Waals surface area contributed by atoms with Gasteiger partial charge in [0.15, 0.2) is 0 Å². The molecule has 0 spiro atoms. The van der Waals surface area contributed by atoms with Crippen molar-refractivity contribution in [3.05, 3.63) is 18.1 Å². The second-order valence-corrected chi connectivity index (χ2v) is 7.56. The van der Waals surface area contributed by atoms with E-state index in [0.29, 0.717) is 17.7 Å². The molecule has 1 N–H and O–H groups in total. The number of halogens is 2. The maximum Gasteiger partial charge on any atom is 0.274 e. The molecule has 0 radical (unpaired) electrons. The molecule has 1 aromatic rings. The molecule has 4 rings (SSSR count). The van der Waals surface area contributed by atoms with Gasteiger partial charge < -0.3 is 20.0 Å². The second kappa shape index (κ2) is 9.87. The highest BCUT2D eigenvalue weighted by atomic mass is 35.5. The minimum Gasteiger partial charge on any atom is -0.355 e. The lowest BCUT2D eigenvalue weighted by Crippen LogP contribution is -2.52. The van der Waals surface area contributed by atoms with Crippen LogP contribution in [0.3, 0.4) is 0 Å². The summed E-state index contributed by atoms with van der Waals surface area (Å²) < 4.78 is 0. The van der Waals surface area contributed by atoms with Crippen LogP contribution < -0.4 is 10.2 Å². The summed E-state index contributed by atoms with van der Waals surface area (Å²) in [6, 6.07) is 0.646. The number of nitrogens with zero attached hydrogens (tertiary/aromatic N) is 5. The minimum atomic E-state index is 0. The van der Waals surface area contributed by atoms with Crippen molar-refractivity contribution in [3.8, 4) is 0 Å². The zero-order chi connectivity index (χ0) is 17.2. The summed E-state index contributed by atoms with van der Waals surface area (Å²) in [5, 5.41) is 3.64.